The number of halogens is 1. The minimum atomic E-state index is -0.296. The molecule has 28 heavy (non-hydrogen) atoms. The first-order valence-electron chi connectivity index (χ1n) is 9.89. The number of carbonyl (C=O) groups excluding carboxylic acids is 1. The molecule has 150 valence electrons. The number of amides is 1. The van der Waals surface area contributed by atoms with Gasteiger partial charge in [-0.05, 0) is 54.4 Å². The zero-order chi connectivity index (χ0) is 20.1. The molecule has 1 aliphatic carbocycles. The van der Waals surface area contributed by atoms with E-state index < -0.39 is 0 Å². The number of fused-ring (bicyclic) bond motifs is 3. The van der Waals surface area contributed by atoms with Crippen LogP contribution in [0.2, 0.25) is 0 Å². The van der Waals surface area contributed by atoms with Crippen LogP contribution < -0.4 is 15.4 Å². The van der Waals surface area contributed by atoms with Crippen molar-refractivity contribution in [1.82, 2.24) is 5.32 Å². The summed E-state index contributed by atoms with van der Waals surface area (Å²) in [5, 5.41) is 7.69. The van der Waals surface area contributed by atoms with E-state index in [2.05, 4.69) is 47.3 Å². The van der Waals surface area contributed by atoms with Crippen molar-refractivity contribution < 1.29 is 9.53 Å². The summed E-state index contributed by atoms with van der Waals surface area (Å²) in [4.78, 5) is 14.4. The van der Waals surface area contributed by atoms with Crippen molar-refractivity contribution in [2.45, 2.75) is 52.6 Å². The largest absolute Gasteiger partial charge is 0.496 e. The fourth-order valence-electron chi connectivity index (χ4n) is 4.34. The number of carbonyl (C=O) groups is 1. The molecule has 2 unspecified atom stereocenters. The highest BCUT2D eigenvalue weighted by Crippen LogP contribution is 2.47. The second-order valence-corrected chi connectivity index (χ2v) is 10.4. The molecule has 1 amide bonds. The van der Waals surface area contributed by atoms with Crippen LogP contribution in [0.4, 0.5) is 5.00 Å². The van der Waals surface area contributed by atoms with Crippen LogP contribution in [-0.4, -0.2) is 13.0 Å². The molecule has 2 atom stereocenters. The Hall–Kier alpha value is -1.53. The summed E-state index contributed by atoms with van der Waals surface area (Å²) in [5.74, 6) is 1.45. The Bertz CT molecular complexity index is 922. The van der Waals surface area contributed by atoms with E-state index in [1.165, 1.54) is 16.9 Å². The lowest BCUT2D eigenvalue weighted by atomic mass is 9.69. The Kier molecular flexibility index (Phi) is 5.21. The molecule has 0 saturated carbocycles. The van der Waals surface area contributed by atoms with E-state index in [0.717, 1.165) is 45.6 Å². The molecular weight excluding hydrogens is 436 g/mol. The van der Waals surface area contributed by atoms with Crippen LogP contribution in [0.3, 0.4) is 0 Å². The Morgan fingerprint density at radius 1 is 1.32 bits per heavy atom. The number of hydrogen-bond acceptors (Lipinski definition) is 4. The van der Waals surface area contributed by atoms with Crippen molar-refractivity contribution in [2.75, 3.05) is 12.4 Å². The molecule has 2 N–H and O–H groups in total. The van der Waals surface area contributed by atoms with E-state index in [1.54, 1.807) is 18.4 Å². The average molecular weight is 463 g/mol. The van der Waals surface area contributed by atoms with Crippen LogP contribution in [0.1, 0.15) is 66.1 Å². The molecule has 0 radical (unpaired) electrons. The van der Waals surface area contributed by atoms with E-state index in [9.17, 15) is 4.79 Å². The highest BCUT2D eigenvalue weighted by Gasteiger charge is 2.37. The smallest absolute Gasteiger partial charge is 0.256 e. The maximum atomic E-state index is 13.0. The third-order valence-corrected chi connectivity index (χ3v) is 8.24. The third-order valence-electron chi connectivity index (χ3n) is 6.56. The van der Waals surface area contributed by atoms with Gasteiger partial charge in [0.05, 0.1) is 12.7 Å². The average Bonchev–Trinajstić information content (AvgIpc) is 3.06. The Labute approximate surface area is 179 Å². The van der Waals surface area contributed by atoms with Crippen molar-refractivity contribution in [3.05, 3.63) is 44.2 Å². The lowest BCUT2D eigenvalue weighted by Crippen LogP contribution is -2.38. The van der Waals surface area contributed by atoms with Crippen molar-refractivity contribution >= 4 is 38.2 Å². The molecule has 1 aliphatic heterocycles. The summed E-state index contributed by atoms with van der Waals surface area (Å²) < 4.78 is 6.47. The third kappa shape index (κ3) is 3.35. The minimum Gasteiger partial charge on any atom is -0.496 e. The Morgan fingerprint density at radius 3 is 2.82 bits per heavy atom. The van der Waals surface area contributed by atoms with Crippen LogP contribution in [0.5, 0.6) is 5.75 Å². The quantitative estimate of drug-likeness (QED) is 0.592. The molecule has 2 aliphatic rings. The maximum absolute atomic E-state index is 13.0. The summed E-state index contributed by atoms with van der Waals surface area (Å²) in [6.45, 7) is 7.02. The predicted molar refractivity (Wildman–Crippen MR) is 118 cm³/mol. The molecule has 4 nitrogen and oxygen atoms in total. The van der Waals surface area contributed by atoms with Gasteiger partial charge < -0.3 is 15.4 Å². The fraction of sp³-hybridized carbons (Fsp3) is 0.500. The number of hydrogen-bond donors (Lipinski definition) is 2. The Morgan fingerprint density at radius 2 is 2.11 bits per heavy atom. The summed E-state index contributed by atoms with van der Waals surface area (Å²) in [5.41, 5.74) is 3.38. The van der Waals surface area contributed by atoms with Crippen molar-refractivity contribution in [2.24, 2.45) is 11.3 Å². The Balaban J connectivity index is 1.66. The monoisotopic (exact) mass is 462 g/mol. The minimum absolute atomic E-state index is 0.0199. The van der Waals surface area contributed by atoms with Crippen molar-refractivity contribution in [3.63, 3.8) is 0 Å². The molecule has 6 heteroatoms. The van der Waals surface area contributed by atoms with Gasteiger partial charge in [0.1, 0.15) is 16.9 Å². The molecule has 4 rings (SSSR count). The highest BCUT2D eigenvalue weighted by molar-refractivity contribution is 9.10. The first-order valence-corrected chi connectivity index (χ1v) is 11.5. The number of rotatable bonds is 4. The van der Waals surface area contributed by atoms with Gasteiger partial charge in [0.25, 0.3) is 5.91 Å². The second kappa shape index (κ2) is 7.38. The predicted octanol–water partition coefficient (Wildman–Crippen LogP) is 5.91. The second-order valence-electron chi connectivity index (χ2n) is 8.43. The maximum Gasteiger partial charge on any atom is 0.256 e. The van der Waals surface area contributed by atoms with Gasteiger partial charge in [-0.3, -0.25) is 4.79 Å². The molecule has 0 spiro atoms. The number of nitrogens with one attached hydrogen (secondary N) is 2. The van der Waals surface area contributed by atoms with Crippen LogP contribution in [0, 0.1) is 11.3 Å². The normalized spacial score (nSPS) is 21.4. The molecule has 0 saturated heterocycles. The van der Waals surface area contributed by atoms with E-state index in [1.807, 2.05) is 18.2 Å². The zero-order valence-corrected chi connectivity index (χ0v) is 19.2. The van der Waals surface area contributed by atoms with Crippen LogP contribution in [-0.2, 0) is 12.8 Å². The van der Waals surface area contributed by atoms with E-state index in [0.29, 0.717) is 11.3 Å². The molecule has 0 bridgehead atoms. The van der Waals surface area contributed by atoms with Gasteiger partial charge in [-0.2, -0.15) is 0 Å². The lowest BCUT2D eigenvalue weighted by molar-refractivity contribution is 0.0934. The molecule has 2 aromatic rings. The first kappa shape index (κ1) is 19.8. The highest BCUT2D eigenvalue weighted by atomic mass is 79.9. The topological polar surface area (TPSA) is 50.4 Å². The lowest BCUT2D eigenvalue weighted by Gasteiger charge is -2.36. The van der Waals surface area contributed by atoms with E-state index in [-0.39, 0.29) is 12.1 Å². The number of benzene rings is 1. The number of anilines is 1. The summed E-state index contributed by atoms with van der Waals surface area (Å²) in [6, 6.07) is 5.85. The van der Waals surface area contributed by atoms with Gasteiger partial charge in [0, 0.05) is 14.9 Å². The molecule has 2 heterocycles. The van der Waals surface area contributed by atoms with Crippen LogP contribution >= 0.6 is 27.3 Å². The van der Waals surface area contributed by atoms with Gasteiger partial charge in [-0.15, -0.1) is 11.3 Å². The van der Waals surface area contributed by atoms with Crippen molar-refractivity contribution in [1.29, 1.82) is 0 Å². The number of ether oxygens (including phenoxy) is 1. The molecular formula is C22H27BrN2O2S. The summed E-state index contributed by atoms with van der Waals surface area (Å²) in [6.07, 6.45) is 4.12. The van der Waals surface area contributed by atoms with Crippen LogP contribution in [0.15, 0.2) is 22.7 Å². The molecule has 0 fully saturated rings. The molecule has 1 aromatic carbocycles. The van der Waals surface area contributed by atoms with Gasteiger partial charge in [0.15, 0.2) is 0 Å². The van der Waals surface area contributed by atoms with Crippen molar-refractivity contribution in [3.8, 4) is 5.75 Å². The van der Waals surface area contributed by atoms with Gasteiger partial charge >= 0.3 is 0 Å². The van der Waals surface area contributed by atoms with Gasteiger partial charge in [-0.25, -0.2) is 0 Å². The number of methoxy groups -OCH3 is 1. The fourth-order valence-corrected chi connectivity index (χ4v) is 6.07. The first-order chi connectivity index (χ1) is 13.3. The van der Waals surface area contributed by atoms with E-state index >= 15 is 0 Å². The zero-order valence-electron chi connectivity index (χ0n) is 16.8. The van der Waals surface area contributed by atoms with Gasteiger partial charge in [-0.1, -0.05) is 43.1 Å². The van der Waals surface area contributed by atoms with E-state index in [4.69, 9.17) is 4.74 Å². The summed E-state index contributed by atoms with van der Waals surface area (Å²) in [7, 11) is 1.66. The van der Waals surface area contributed by atoms with Gasteiger partial charge in [0.2, 0.25) is 0 Å². The number of thiophene rings is 1. The molecule has 1 aromatic heterocycles. The van der Waals surface area contributed by atoms with Crippen LogP contribution in [0.25, 0.3) is 0 Å². The SMILES string of the molecule is CCC(C)(C)C1CCc2c(sc3c2C(=O)NC(c2cc(Br)ccc2OC)N3)C1. The summed E-state index contributed by atoms with van der Waals surface area (Å²) >= 11 is 5.29. The standard InChI is InChI=1S/C22H27BrN2O2S/c1-5-22(2,3)12-6-8-14-17(10-12)28-21-18(14)20(26)24-19(25-21)15-11-13(23)7-9-16(15)27-4/h7,9,11-12,19,25H,5-6,8,10H2,1-4H3,(H,24,26).